The number of nitrogens with one attached hydrogen (secondary N) is 1. The lowest BCUT2D eigenvalue weighted by atomic mass is 10.4. The van der Waals surface area contributed by atoms with Crippen molar-refractivity contribution in [1.82, 2.24) is 15.2 Å². The molecule has 1 aromatic heterocycles. The molecule has 0 aliphatic heterocycles. The maximum Gasteiger partial charge on any atom is 0.323 e. The number of aromatic nitrogens is 3. The molecule has 14 heavy (non-hydrogen) atoms. The molecule has 78 valence electrons. The van der Waals surface area contributed by atoms with Crippen LogP contribution in [0.1, 0.15) is 6.92 Å². The van der Waals surface area contributed by atoms with Gasteiger partial charge in [0.2, 0.25) is 0 Å². The molecule has 1 heterocycles. The van der Waals surface area contributed by atoms with Crippen molar-refractivity contribution in [3.63, 3.8) is 0 Å². The third-order valence-corrected chi connectivity index (χ3v) is 2.38. The van der Waals surface area contributed by atoms with Gasteiger partial charge in [0, 0.05) is 5.75 Å². The van der Waals surface area contributed by atoms with E-state index in [-0.39, 0.29) is 5.97 Å². The molecule has 1 atom stereocenters. The molecule has 0 aliphatic rings. The first kappa shape index (κ1) is 11.0. The van der Waals surface area contributed by atoms with Gasteiger partial charge in [0.15, 0.2) is 5.16 Å². The number of H-pyrrole nitrogens is 1. The minimum atomic E-state index is -0.620. The maximum absolute atomic E-state index is 11.1. The quantitative estimate of drug-likeness (QED) is 0.522. The summed E-state index contributed by atoms with van der Waals surface area (Å²) in [5.41, 5.74) is 5.56. The van der Waals surface area contributed by atoms with E-state index in [1.165, 1.54) is 18.1 Å². The summed E-state index contributed by atoms with van der Waals surface area (Å²) in [6.45, 7) is 2.09. The Balaban J connectivity index is 2.27. The second-order valence-corrected chi connectivity index (χ2v) is 3.47. The molecule has 0 saturated heterocycles. The largest absolute Gasteiger partial charge is 0.465 e. The van der Waals surface area contributed by atoms with Gasteiger partial charge in [0.05, 0.1) is 6.61 Å². The lowest BCUT2D eigenvalue weighted by Gasteiger charge is -2.08. The highest BCUT2D eigenvalue weighted by Crippen LogP contribution is 2.11. The topological polar surface area (TPSA) is 93.9 Å². The van der Waals surface area contributed by atoms with Gasteiger partial charge in [-0.15, -0.1) is 0 Å². The van der Waals surface area contributed by atoms with Crippen LogP contribution in [-0.2, 0) is 9.53 Å². The highest BCUT2D eigenvalue weighted by molar-refractivity contribution is 7.99. The highest BCUT2D eigenvalue weighted by Gasteiger charge is 2.15. The number of rotatable bonds is 5. The van der Waals surface area contributed by atoms with Crippen molar-refractivity contribution in [2.45, 2.75) is 18.1 Å². The summed E-state index contributed by atoms with van der Waals surface area (Å²) in [7, 11) is 0. The van der Waals surface area contributed by atoms with Crippen molar-refractivity contribution in [2.75, 3.05) is 12.4 Å². The first-order chi connectivity index (χ1) is 6.74. The average Bonchev–Trinajstić information content (AvgIpc) is 2.67. The van der Waals surface area contributed by atoms with Crippen LogP contribution >= 0.6 is 11.8 Å². The molecule has 0 spiro atoms. The fourth-order valence-corrected chi connectivity index (χ4v) is 1.46. The zero-order chi connectivity index (χ0) is 10.4. The Morgan fingerprint density at radius 2 is 2.64 bits per heavy atom. The number of ether oxygens (including phenoxy) is 1. The van der Waals surface area contributed by atoms with Crippen molar-refractivity contribution < 1.29 is 9.53 Å². The van der Waals surface area contributed by atoms with Crippen molar-refractivity contribution in [1.29, 1.82) is 0 Å². The van der Waals surface area contributed by atoms with Crippen molar-refractivity contribution in [3.8, 4) is 0 Å². The Morgan fingerprint density at radius 1 is 1.86 bits per heavy atom. The van der Waals surface area contributed by atoms with E-state index in [9.17, 15) is 4.79 Å². The zero-order valence-corrected chi connectivity index (χ0v) is 8.58. The highest BCUT2D eigenvalue weighted by atomic mass is 32.2. The molecule has 7 heteroatoms. The fraction of sp³-hybridized carbons (Fsp3) is 0.571. The third-order valence-electron chi connectivity index (χ3n) is 1.38. The van der Waals surface area contributed by atoms with Crippen LogP contribution in [-0.4, -0.2) is 39.6 Å². The van der Waals surface area contributed by atoms with E-state index in [0.29, 0.717) is 17.5 Å². The van der Waals surface area contributed by atoms with Gasteiger partial charge in [-0.05, 0) is 6.92 Å². The molecule has 0 radical (unpaired) electrons. The van der Waals surface area contributed by atoms with Gasteiger partial charge in [0.1, 0.15) is 12.4 Å². The molecule has 0 amide bonds. The van der Waals surface area contributed by atoms with Crippen LogP contribution in [0.5, 0.6) is 0 Å². The molecule has 0 aliphatic carbocycles. The van der Waals surface area contributed by atoms with Gasteiger partial charge in [-0.3, -0.25) is 9.89 Å². The number of aromatic amines is 1. The summed E-state index contributed by atoms with van der Waals surface area (Å²) in [6, 6.07) is -0.620. The molecule has 0 aromatic carbocycles. The molecule has 0 fully saturated rings. The second-order valence-electron chi connectivity index (χ2n) is 2.46. The van der Waals surface area contributed by atoms with Crippen molar-refractivity contribution in [2.24, 2.45) is 5.73 Å². The molecule has 6 nitrogen and oxygen atoms in total. The number of esters is 1. The average molecular weight is 216 g/mol. The number of carbonyl (C=O) groups excluding carboxylic acids is 1. The van der Waals surface area contributed by atoms with Gasteiger partial charge in [0.25, 0.3) is 0 Å². The predicted molar refractivity (Wildman–Crippen MR) is 51.7 cm³/mol. The van der Waals surface area contributed by atoms with E-state index in [1.54, 1.807) is 6.92 Å². The van der Waals surface area contributed by atoms with E-state index in [1.807, 2.05) is 0 Å². The monoisotopic (exact) mass is 216 g/mol. The van der Waals surface area contributed by atoms with Crippen LogP contribution in [0.2, 0.25) is 0 Å². The maximum atomic E-state index is 11.1. The lowest BCUT2D eigenvalue weighted by Crippen LogP contribution is -2.34. The van der Waals surface area contributed by atoms with E-state index >= 15 is 0 Å². The number of nitrogens with two attached hydrogens (primary N) is 1. The minimum Gasteiger partial charge on any atom is -0.465 e. The van der Waals surface area contributed by atoms with Gasteiger partial charge in [-0.1, -0.05) is 11.8 Å². The Labute approximate surface area is 85.6 Å². The smallest absolute Gasteiger partial charge is 0.323 e. The van der Waals surface area contributed by atoms with Crippen LogP contribution in [0.3, 0.4) is 0 Å². The van der Waals surface area contributed by atoms with Crippen molar-refractivity contribution >= 4 is 17.7 Å². The van der Waals surface area contributed by atoms with E-state index < -0.39 is 6.04 Å². The van der Waals surface area contributed by atoms with E-state index in [0.717, 1.165) is 0 Å². The fourth-order valence-electron chi connectivity index (χ4n) is 0.750. The summed E-state index contributed by atoms with van der Waals surface area (Å²) in [5.74, 6) is 0.0353. The number of hydrogen-bond donors (Lipinski definition) is 2. The summed E-state index contributed by atoms with van der Waals surface area (Å²) < 4.78 is 4.75. The Kier molecular flexibility index (Phi) is 4.41. The van der Waals surface area contributed by atoms with Gasteiger partial charge < -0.3 is 10.5 Å². The summed E-state index contributed by atoms with van der Waals surface area (Å²) in [6.07, 6.45) is 1.40. The predicted octanol–water partition coefficient (Wildman–Crippen LogP) is -0.213. The minimum absolute atomic E-state index is 0.347. The van der Waals surface area contributed by atoms with Crippen molar-refractivity contribution in [3.05, 3.63) is 6.33 Å². The first-order valence-corrected chi connectivity index (χ1v) is 5.13. The number of nitrogens with zero attached hydrogens (tertiary/aromatic N) is 2. The molecule has 1 unspecified atom stereocenters. The molecule has 1 rings (SSSR count). The van der Waals surface area contributed by atoms with E-state index in [4.69, 9.17) is 10.5 Å². The number of hydrogen-bond acceptors (Lipinski definition) is 6. The molecule has 1 aromatic rings. The first-order valence-electron chi connectivity index (χ1n) is 4.14. The Morgan fingerprint density at radius 3 is 3.21 bits per heavy atom. The number of carbonyl (C=O) groups is 1. The molecule has 0 saturated carbocycles. The normalized spacial score (nSPS) is 12.4. The second kappa shape index (κ2) is 5.61. The summed E-state index contributed by atoms with van der Waals surface area (Å²) >= 11 is 1.33. The van der Waals surface area contributed by atoms with Crippen LogP contribution in [0.25, 0.3) is 0 Å². The molecular formula is C7H12N4O2S. The third kappa shape index (κ3) is 3.35. The molecule has 0 bridgehead atoms. The zero-order valence-electron chi connectivity index (χ0n) is 7.77. The van der Waals surface area contributed by atoms with Gasteiger partial charge in [-0.25, -0.2) is 4.98 Å². The standard InChI is InChI=1S/C7H12N4O2S/c1-2-13-6(12)5(8)3-14-7-9-4-10-11-7/h4-5H,2-3,8H2,1H3,(H,9,10,11). The number of thioether (sulfide) groups is 1. The van der Waals surface area contributed by atoms with Gasteiger partial charge in [-0.2, -0.15) is 5.10 Å². The SMILES string of the molecule is CCOC(=O)C(N)CSc1ncn[nH]1. The van der Waals surface area contributed by atoms with Crippen LogP contribution < -0.4 is 5.73 Å². The van der Waals surface area contributed by atoms with Crippen LogP contribution in [0.15, 0.2) is 11.5 Å². The van der Waals surface area contributed by atoms with Crippen LogP contribution in [0, 0.1) is 0 Å². The van der Waals surface area contributed by atoms with E-state index in [2.05, 4.69) is 15.2 Å². The van der Waals surface area contributed by atoms with Crippen LogP contribution in [0.4, 0.5) is 0 Å². The summed E-state index contributed by atoms with van der Waals surface area (Å²) in [4.78, 5) is 15.0. The van der Waals surface area contributed by atoms with Gasteiger partial charge >= 0.3 is 5.97 Å². The Hall–Kier alpha value is -1.08. The molecule has 3 N–H and O–H groups in total. The Bertz CT molecular complexity index is 277. The molecular weight excluding hydrogens is 204 g/mol. The summed E-state index contributed by atoms with van der Waals surface area (Å²) in [5, 5.41) is 6.97. The lowest BCUT2D eigenvalue weighted by molar-refractivity contribution is -0.144.